The first-order chi connectivity index (χ1) is 10.1. The van der Waals surface area contributed by atoms with Gasteiger partial charge in [0.1, 0.15) is 19.6 Å². The lowest BCUT2D eigenvalue weighted by Crippen LogP contribution is -3.00. The molecule has 0 saturated heterocycles. The van der Waals surface area contributed by atoms with Crippen LogP contribution in [0.3, 0.4) is 0 Å². The fourth-order valence-corrected chi connectivity index (χ4v) is 3.27. The third kappa shape index (κ3) is 3.21. The molecule has 3 nitrogen and oxygen atoms in total. The Hall–Kier alpha value is -1.71. The number of halogens is 1. The molecule has 2 aromatic carbocycles. The molecule has 0 unspecified atom stereocenters. The number of benzene rings is 2. The van der Waals surface area contributed by atoms with Crippen LogP contribution >= 0.6 is 0 Å². The monoisotopic (exact) mass is 319 g/mol. The average molecular weight is 320 g/mol. The SMILES string of the molecule is COc1cc2c(cc1OC)C[N+](C)(Cc1ccccc1)C2.[Cl-]. The third-order valence-corrected chi connectivity index (χ3v) is 4.22. The molecule has 0 radical (unpaired) electrons. The van der Waals surface area contributed by atoms with Gasteiger partial charge in [0, 0.05) is 16.7 Å². The molecule has 0 saturated carbocycles. The van der Waals surface area contributed by atoms with Crippen LogP contribution < -0.4 is 21.9 Å². The molecule has 118 valence electrons. The summed E-state index contributed by atoms with van der Waals surface area (Å²) in [5.74, 6) is 1.65. The summed E-state index contributed by atoms with van der Waals surface area (Å²) >= 11 is 0. The van der Waals surface area contributed by atoms with Crippen LogP contribution in [0, 0.1) is 0 Å². The number of methoxy groups -OCH3 is 2. The van der Waals surface area contributed by atoms with Gasteiger partial charge in [-0.05, 0) is 12.1 Å². The van der Waals surface area contributed by atoms with Gasteiger partial charge in [0.2, 0.25) is 0 Å². The van der Waals surface area contributed by atoms with Crippen molar-refractivity contribution < 1.29 is 26.4 Å². The predicted molar refractivity (Wildman–Crippen MR) is 83.3 cm³/mol. The number of hydrogen-bond acceptors (Lipinski definition) is 2. The van der Waals surface area contributed by atoms with E-state index in [1.807, 2.05) is 0 Å². The Morgan fingerprint density at radius 2 is 1.41 bits per heavy atom. The van der Waals surface area contributed by atoms with Crippen LogP contribution in [0.5, 0.6) is 11.5 Å². The van der Waals surface area contributed by atoms with Crippen LogP contribution in [-0.4, -0.2) is 25.8 Å². The predicted octanol–water partition coefficient (Wildman–Crippen LogP) is 0.368. The van der Waals surface area contributed by atoms with Crippen molar-refractivity contribution in [3.63, 3.8) is 0 Å². The fourth-order valence-electron chi connectivity index (χ4n) is 3.27. The first-order valence-corrected chi connectivity index (χ1v) is 7.25. The van der Waals surface area contributed by atoms with Gasteiger partial charge in [0.15, 0.2) is 11.5 Å². The van der Waals surface area contributed by atoms with E-state index >= 15 is 0 Å². The summed E-state index contributed by atoms with van der Waals surface area (Å²) in [6.07, 6.45) is 0. The van der Waals surface area contributed by atoms with Crippen LogP contribution in [0.25, 0.3) is 0 Å². The van der Waals surface area contributed by atoms with E-state index in [2.05, 4.69) is 49.5 Å². The van der Waals surface area contributed by atoms with E-state index in [0.29, 0.717) is 0 Å². The molecule has 4 heteroatoms. The lowest BCUT2D eigenvalue weighted by Gasteiger charge is -2.29. The van der Waals surface area contributed by atoms with E-state index < -0.39 is 0 Å². The molecule has 1 aliphatic heterocycles. The molecule has 0 atom stereocenters. The van der Waals surface area contributed by atoms with Crippen molar-refractivity contribution in [2.24, 2.45) is 0 Å². The maximum atomic E-state index is 5.42. The molecule has 0 aromatic heterocycles. The van der Waals surface area contributed by atoms with Gasteiger partial charge in [-0.15, -0.1) is 0 Å². The third-order valence-electron chi connectivity index (χ3n) is 4.22. The van der Waals surface area contributed by atoms with Gasteiger partial charge in [0.05, 0.1) is 21.3 Å². The number of ether oxygens (including phenoxy) is 2. The highest BCUT2D eigenvalue weighted by Crippen LogP contribution is 2.38. The van der Waals surface area contributed by atoms with Crippen molar-refractivity contribution in [3.05, 3.63) is 59.2 Å². The van der Waals surface area contributed by atoms with Gasteiger partial charge in [-0.3, -0.25) is 0 Å². The number of nitrogens with zero attached hydrogens (tertiary/aromatic N) is 1. The summed E-state index contributed by atoms with van der Waals surface area (Å²) in [7, 11) is 5.69. The molecule has 3 rings (SSSR count). The number of quaternary nitrogens is 1. The van der Waals surface area contributed by atoms with E-state index in [0.717, 1.165) is 35.6 Å². The lowest BCUT2D eigenvalue weighted by atomic mass is 10.1. The average Bonchev–Trinajstić information content (AvgIpc) is 2.81. The molecular formula is C18H22ClNO2. The minimum Gasteiger partial charge on any atom is -1.00 e. The van der Waals surface area contributed by atoms with E-state index in [-0.39, 0.29) is 12.4 Å². The number of hydrogen-bond donors (Lipinski definition) is 0. The Morgan fingerprint density at radius 1 is 0.909 bits per heavy atom. The van der Waals surface area contributed by atoms with Gasteiger partial charge in [0.25, 0.3) is 0 Å². The Morgan fingerprint density at radius 3 is 1.86 bits per heavy atom. The molecule has 22 heavy (non-hydrogen) atoms. The highest BCUT2D eigenvalue weighted by Gasteiger charge is 2.33. The first-order valence-electron chi connectivity index (χ1n) is 7.25. The van der Waals surface area contributed by atoms with Gasteiger partial charge in [-0.1, -0.05) is 30.3 Å². The second-order valence-electron chi connectivity index (χ2n) is 6.06. The van der Waals surface area contributed by atoms with Crippen LogP contribution in [0.1, 0.15) is 16.7 Å². The molecular weight excluding hydrogens is 298 g/mol. The summed E-state index contributed by atoms with van der Waals surface area (Å²) < 4.78 is 11.8. The van der Waals surface area contributed by atoms with Gasteiger partial charge in [-0.2, -0.15) is 0 Å². The van der Waals surface area contributed by atoms with Crippen molar-refractivity contribution >= 4 is 0 Å². The molecule has 1 aliphatic rings. The summed E-state index contributed by atoms with van der Waals surface area (Å²) in [4.78, 5) is 0. The standard InChI is InChI=1S/C18H22NO2.ClH/c1-19(11-14-7-5-4-6-8-14)12-15-9-17(20-2)18(21-3)10-16(15)13-19;/h4-10H,11-13H2,1-3H3;1H/q+1;/p-1. The Balaban J connectivity index is 0.00000176. The molecule has 0 N–H and O–H groups in total. The smallest absolute Gasteiger partial charge is 0.161 e. The molecule has 0 bridgehead atoms. The summed E-state index contributed by atoms with van der Waals surface area (Å²) in [6.45, 7) is 3.11. The topological polar surface area (TPSA) is 18.5 Å². The molecule has 0 fully saturated rings. The van der Waals surface area contributed by atoms with Gasteiger partial charge in [-0.25, -0.2) is 0 Å². The lowest BCUT2D eigenvalue weighted by molar-refractivity contribution is -0.941. The highest BCUT2D eigenvalue weighted by molar-refractivity contribution is 5.48. The van der Waals surface area contributed by atoms with E-state index in [9.17, 15) is 0 Å². The van der Waals surface area contributed by atoms with Crippen LogP contribution in [0.2, 0.25) is 0 Å². The van der Waals surface area contributed by atoms with Gasteiger partial charge >= 0.3 is 0 Å². The van der Waals surface area contributed by atoms with Crippen molar-refractivity contribution in [3.8, 4) is 11.5 Å². The highest BCUT2D eigenvalue weighted by atomic mass is 35.5. The fraction of sp³-hybridized carbons (Fsp3) is 0.333. The summed E-state index contributed by atoms with van der Waals surface area (Å²) in [6, 6.07) is 14.9. The Bertz CT molecular complexity index is 610. The van der Waals surface area contributed by atoms with Gasteiger partial charge < -0.3 is 26.4 Å². The number of fused-ring (bicyclic) bond motifs is 1. The largest absolute Gasteiger partial charge is 1.00 e. The van der Waals surface area contributed by atoms with Crippen molar-refractivity contribution in [2.75, 3.05) is 21.3 Å². The van der Waals surface area contributed by atoms with Crippen molar-refractivity contribution in [2.45, 2.75) is 19.6 Å². The quantitative estimate of drug-likeness (QED) is 0.758. The molecule has 0 aliphatic carbocycles. The second-order valence-corrected chi connectivity index (χ2v) is 6.06. The zero-order valence-electron chi connectivity index (χ0n) is 13.3. The second kappa shape index (κ2) is 6.59. The molecule has 0 amide bonds. The zero-order valence-corrected chi connectivity index (χ0v) is 14.1. The normalized spacial score (nSPS) is 14.9. The maximum Gasteiger partial charge on any atom is 0.161 e. The molecule has 2 aromatic rings. The van der Waals surface area contributed by atoms with Crippen LogP contribution in [0.15, 0.2) is 42.5 Å². The maximum absolute atomic E-state index is 5.42. The zero-order chi connectivity index (χ0) is 14.9. The minimum atomic E-state index is 0. The summed E-state index contributed by atoms with van der Waals surface area (Å²) in [5, 5.41) is 0. The van der Waals surface area contributed by atoms with E-state index in [4.69, 9.17) is 9.47 Å². The van der Waals surface area contributed by atoms with Crippen molar-refractivity contribution in [1.82, 2.24) is 0 Å². The van der Waals surface area contributed by atoms with Crippen molar-refractivity contribution in [1.29, 1.82) is 0 Å². The van der Waals surface area contributed by atoms with Crippen LogP contribution in [0.4, 0.5) is 0 Å². The molecule has 1 heterocycles. The Labute approximate surface area is 138 Å². The van der Waals surface area contributed by atoms with Crippen LogP contribution in [-0.2, 0) is 19.6 Å². The molecule has 0 spiro atoms. The Kier molecular flexibility index (Phi) is 4.99. The minimum absolute atomic E-state index is 0. The summed E-state index contributed by atoms with van der Waals surface area (Å²) in [5.41, 5.74) is 4.11. The number of rotatable bonds is 4. The van der Waals surface area contributed by atoms with E-state index in [1.54, 1.807) is 14.2 Å². The first kappa shape index (κ1) is 16.7. The van der Waals surface area contributed by atoms with E-state index in [1.165, 1.54) is 16.7 Å².